The Morgan fingerprint density at radius 2 is 2.15 bits per heavy atom. The number of hydrogen-bond acceptors (Lipinski definition) is 3. The van der Waals surface area contributed by atoms with Crippen LogP contribution in [0.3, 0.4) is 0 Å². The zero-order valence-electron chi connectivity index (χ0n) is 10.9. The van der Waals surface area contributed by atoms with Crippen LogP contribution in [0.25, 0.3) is 10.2 Å². The van der Waals surface area contributed by atoms with Crippen molar-refractivity contribution < 1.29 is 4.79 Å². The van der Waals surface area contributed by atoms with Crippen LogP contribution in [0.15, 0.2) is 35.5 Å². The van der Waals surface area contributed by atoms with Gasteiger partial charge in [-0.2, -0.15) is 10.1 Å². The second kappa shape index (κ2) is 4.88. The molecular formula is C13H11ClN4OS. The molecule has 2 heterocycles. The molecule has 0 saturated carbocycles. The zero-order valence-corrected chi connectivity index (χ0v) is 12.4. The molecular weight excluding hydrogens is 296 g/mol. The number of nitrogens with zero attached hydrogens (tertiary/aromatic N) is 4. The molecule has 102 valence electrons. The number of fused-ring (bicyclic) bond motifs is 1. The highest BCUT2D eigenvalue weighted by molar-refractivity contribution is 7.16. The maximum Gasteiger partial charge on any atom is 0.297 e. The lowest BCUT2D eigenvalue weighted by molar-refractivity contribution is 0.0989. The van der Waals surface area contributed by atoms with Gasteiger partial charge in [-0.15, -0.1) is 0 Å². The number of halogens is 1. The normalized spacial score (nSPS) is 12.2. The third-order valence-electron chi connectivity index (χ3n) is 3.01. The molecule has 2 aromatic heterocycles. The van der Waals surface area contributed by atoms with Gasteiger partial charge in [-0.1, -0.05) is 29.0 Å². The molecule has 3 rings (SSSR count). The second-order valence-corrected chi connectivity index (χ2v) is 5.70. The van der Waals surface area contributed by atoms with Gasteiger partial charge in [-0.05, 0) is 18.2 Å². The number of thiazole rings is 1. The summed E-state index contributed by atoms with van der Waals surface area (Å²) >= 11 is 7.61. The Bertz CT molecular complexity index is 874. The number of amides is 1. The SMILES string of the molecule is Cn1nccc1C(=O)N=c1sc2cccc(Cl)c2n1C. The summed E-state index contributed by atoms with van der Waals surface area (Å²) in [6.45, 7) is 0. The molecule has 1 aromatic carbocycles. The van der Waals surface area contributed by atoms with Crippen molar-refractivity contribution in [2.45, 2.75) is 0 Å². The standard InChI is InChI=1S/C13H11ClN4OS/c1-17-11-8(14)4-3-5-10(11)20-13(17)16-12(19)9-6-7-15-18(9)2/h3-7H,1-2H3. The van der Waals surface area contributed by atoms with E-state index in [1.165, 1.54) is 16.0 Å². The van der Waals surface area contributed by atoms with Crippen LogP contribution in [-0.4, -0.2) is 20.3 Å². The number of benzene rings is 1. The quantitative estimate of drug-likeness (QED) is 0.693. The molecule has 0 bridgehead atoms. The number of aryl methyl sites for hydroxylation is 2. The fraction of sp³-hybridized carbons (Fsp3) is 0.154. The highest BCUT2D eigenvalue weighted by atomic mass is 35.5. The van der Waals surface area contributed by atoms with E-state index in [0.717, 1.165) is 10.2 Å². The summed E-state index contributed by atoms with van der Waals surface area (Å²) in [5.41, 5.74) is 1.34. The molecule has 0 N–H and O–H groups in total. The van der Waals surface area contributed by atoms with Crippen LogP contribution in [0.1, 0.15) is 10.5 Å². The van der Waals surface area contributed by atoms with Gasteiger partial charge in [0.1, 0.15) is 5.69 Å². The Morgan fingerprint density at radius 3 is 2.80 bits per heavy atom. The largest absolute Gasteiger partial charge is 0.318 e. The van der Waals surface area contributed by atoms with Gasteiger partial charge in [0.25, 0.3) is 5.91 Å². The van der Waals surface area contributed by atoms with Crippen LogP contribution in [0.2, 0.25) is 5.02 Å². The average molecular weight is 307 g/mol. The highest BCUT2D eigenvalue weighted by Crippen LogP contribution is 2.24. The average Bonchev–Trinajstić information content (AvgIpc) is 2.95. The van der Waals surface area contributed by atoms with Crippen molar-refractivity contribution in [2.75, 3.05) is 0 Å². The third-order valence-corrected chi connectivity index (χ3v) is 4.41. The molecule has 0 unspecified atom stereocenters. The van der Waals surface area contributed by atoms with Crippen molar-refractivity contribution >= 4 is 39.1 Å². The number of aromatic nitrogens is 3. The van der Waals surface area contributed by atoms with Crippen LogP contribution < -0.4 is 4.80 Å². The summed E-state index contributed by atoms with van der Waals surface area (Å²) in [7, 11) is 3.56. The molecule has 0 atom stereocenters. The van der Waals surface area contributed by atoms with Gasteiger partial charge in [-0.3, -0.25) is 9.48 Å². The predicted molar refractivity (Wildman–Crippen MR) is 78.9 cm³/mol. The van der Waals surface area contributed by atoms with Crippen LogP contribution >= 0.6 is 22.9 Å². The van der Waals surface area contributed by atoms with Gasteiger partial charge >= 0.3 is 0 Å². The third kappa shape index (κ3) is 2.07. The van der Waals surface area contributed by atoms with E-state index in [-0.39, 0.29) is 5.91 Å². The topological polar surface area (TPSA) is 52.2 Å². The molecule has 0 saturated heterocycles. The predicted octanol–water partition coefficient (Wildman–Crippen LogP) is 2.37. The van der Waals surface area contributed by atoms with Crippen molar-refractivity contribution in [3.05, 3.63) is 46.0 Å². The molecule has 7 heteroatoms. The van der Waals surface area contributed by atoms with E-state index in [2.05, 4.69) is 10.1 Å². The fourth-order valence-corrected chi connectivity index (χ4v) is 3.39. The Labute approximate surface area is 123 Å². The molecule has 5 nitrogen and oxygen atoms in total. The summed E-state index contributed by atoms with van der Waals surface area (Å²) < 4.78 is 4.33. The number of carbonyl (C=O) groups excluding carboxylic acids is 1. The Balaban J connectivity index is 2.18. The van der Waals surface area contributed by atoms with Gasteiger partial charge in [0.2, 0.25) is 0 Å². The van der Waals surface area contributed by atoms with E-state index < -0.39 is 0 Å². The van der Waals surface area contributed by atoms with Gasteiger partial charge in [0.15, 0.2) is 4.80 Å². The molecule has 0 aliphatic rings. The van der Waals surface area contributed by atoms with Crippen molar-refractivity contribution in [3.63, 3.8) is 0 Å². The maximum absolute atomic E-state index is 12.1. The minimum Gasteiger partial charge on any atom is -0.318 e. The van der Waals surface area contributed by atoms with Gasteiger partial charge in [0, 0.05) is 20.3 Å². The summed E-state index contributed by atoms with van der Waals surface area (Å²) in [4.78, 5) is 16.9. The number of hydrogen-bond donors (Lipinski definition) is 0. The van der Waals surface area contributed by atoms with Gasteiger partial charge in [0.05, 0.1) is 15.2 Å². The molecule has 0 aliphatic heterocycles. The lowest BCUT2D eigenvalue weighted by atomic mass is 10.3. The molecule has 0 spiro atoms. The fourth-order valence-electron chi connectivity index (χ4n) is 1.99. The zero-order chi connectivity index (χ0) is 14.3. The van der Waals surface area contributed by atoms with Gasteiger partial charge in [-0.25, -0.2) is 0 Å². The van der Waals surface area contributed by atoms with Crippen LogP contribution in [-0.2, 0) is 14.1 Å². The van der Waals surface area contributed by atoms with Crippen LogP contribution in [0.4, 0.5) is 0 Å². The summed E-state index contributed by atoms with van der Waals surface area (Å²) in [5, 5.41) is 4.62. The highest BCUT2D eigenvalue weighted by Gasteiger charge is 2.11. The van der Waals surface area contributed by atoms with Crippen LogP contribution in [0, 0.1) is 0 Å². The van der Waals surface area contributed by atoms with E-state index in [4.69, 9.17) is 11.6 Å². The minimum atomic E-state index is -0.316. The Kier molecular flexibility index (Phi) is 3.19. The first-order valence-corrected chi connectivity index (χ1v) is 7.08. The molecule has 20 heavy (non-hydrogen) atoms. The Hall–Kier alpha value is -1.92. The van der Waals surface area contributed by atoms with E-state index in [9.17, 15) is 4.79 Å². The molecule has 1 amide bonds. The molecule has 0 radical (unpaired) electrons. The number of para-hydroxylation sites is 1. The van der Waals surface area contributed by atoms with Crippen molar-refractivity contribution in [1.82, 2.24) is 14.3 Å². The Morgan fingerprint density at radius 1 is 1.35 bits per heavy atom. The number of rotatable bonds is 1. The lowest BCUT2D eigenvalue weighted by Crippen LogP contribution is -2.15. The summed E-state index contributed by atoms with van der Waals surface area (Å²) in [6, 6.07) is 7.31. The first kappa shape index (κ1) is 13.1. The van der Waals surface area contributed by atoms with Crippen LogP contribution in [0.5, 0.6) is 0 Å². The van der Waals surface area contributed by atoms with E-state index in [1.54, 1.807) is 19.3 Å². The maximum atomic E-state index is 12.1. The minimum absolute atomic E-state index is 0.316. The molecule has 0 fully saturated rings. The number of carbonyl (C=O) groups is 1. The van der Waals surface area contributed by atoms with E-state index in [1.807, 2.05) is 29.8 Å². The van der Waals surface area contributed by atoms with Crippen molar-refractivity contribution in [2.24, 2.45) is 19.1 Å². The van der Waals surface area contributed by atoms with E-state index >= 15 is 0 Å². The first-order chi connectivity index (χ1) is 9.58. The smallest absolute Gasteiger partial charge is 0.297 e. The second-order valence-electron chi connectivity index (χ2n) is 4.29. The summed E-state index contributed by atoms with van der Waals surface area (Å²) in [5.74, 6) is -0.316. The van der Waals surface area contributed by atoms with Crippen molar-refractivity contribution in [3.8, 4) is 0 Å². The molecule has 3 aromatic rings. The first-order valence-electron chi connectivity index (χ1n) is 5.89. The van der Waals surface area contributed by atoms with E-state index in [0.29, 0.717) is 15.5 Å². The van der Waals surface area contributed by atoms with Crippen molar-refractivity contribution in [1.29, 1.82) is 0 Å². The lowest BCUT2D eigenvalue weighted by Gasteiger charge is -1.98. The monoisotopic (exact) mass is 306 g/mol. The van der Waals surface area contributed by atoms with Gasteiger partial charge < -0.3 is 4.57 Å². The molecule has 0 aliphatic carbocycles. The summed E-state index contributed by atoms with van der Waals surface area (Å²) in [6.07, 6.45) is 1.57.